The van der Waals surface area contributed by atoms with E-state index in [-0.39, 0.29) is 0 Å². The van der Waals surface area contributed by atoms with Crippen LogP contribution in [0.1, 0.15) is 46.0 Å². The van der Waals surface area contributed by atoms with Crippen LogP contribution in [0.2, 0.25) is 0 Å². The minimum atomic E-state index is 0.450. The van der Waals surface area contributed by atoms with Crippen molar-refractivity contribution in [3.63, 3.8) is 0 Å². The van der Waals surface area contributed by atoms with E-state index in [4.69, 9.17) is 4.74 Å². The first-order valence-corrected chi connectivity index (χ1v) is 8.88. The van der Waals surface area contributed by atoms with E-state index in [1.165, 1.54) is 50.2 Å². The molecule has 106 valence electrons. The molecule has 2 nitrogen and oxygen atoms in total. The highest BCUT2D eigenvalue weighted by Gasteiger charge is 2.50. The molecule has 0 aromatic carbocycles. The number of thioether (sulfide) groups is 1. The van der Waals surface area contributed by atoms with Crippen LogP contribution in [0.25, 0.3) is 0 Å². The number of ether oxygens (including phenoxy) is 1. The van der Waals surface area contributed by atoms with Crippen LogP contribution in [0.5, 0.6) is 0 Å². The van der Waals surface area contributed by atoms with Gasteiger partial charge in [-0.25, -0.2) is 0 Å². The molecular weight excluding hydrogens is 242 g/mol. The molecule has 1 N–H and O–H groups in total. The van der Waals surface area contributed by atoms with Crippen molar-refractivity contribution in [2.45, 2.75) is 52.1 Å². The van der Waals surface area contributed by atoms with Crippen LogP contribution in [0.4, 0.5) is 0 Å². The van der Waals surface area contributed by atoms with Gasteiger partial charge in [-0.2, -0.15) is 11.8 Å². The smallest absolute Gasteiger partial charge is 0.0672 e. The van der Waals surface area contributed by atoms with Gasteiger partial charge >= 0.3 is 0 Å². The van der Waals surface area contributed by atoms with Crippen molar-refractivity contribution in [3.8, 4) is 0 Å². The number of hydrogen-bond donors (Lipinski definition) is 1. The lowest BCUT2D eigenvalue weighted by atomic mass is 9.75. The maximum atomic E-state index is 6.10. The Labute approximate surface area is 117 Å². The predicted molar refractivity (Wildman–Crippen MR) is 80.3 cm³/mol. The highest BCUT2D eigenvalue weighted by molar-refractivity contribution is 7.99. The monoisotopic (exact) mass is 271 g/mol. The van der Waals surface area contributed by atoms with E-state index < -0.39 is 0 Å². The molecule has 0 aromatic rings. The molecule has 3 heteroatoms. The van der Waals surface area contributed by atoms with Crippen LogP contribution in [0.3, 0.4) is 0 Å². The molecule has 0 amide bonds. The largest absolute Gasteiger partial charge is 0.377 e. The molecule has 2 atom stereocenters. The topological polar surface area (TPSA) is 21.3 Å². The fraction of sp³-hybridized carbons (Fsp3) is 1.00. The zero-order chi connectivity index (χ0) is 12.8. The lowest BCUT2D eigenvalue weighted by Gasteiger charge is -2.35. The predicted octanol–water partition coefficient (Wildman–Crippen LogP) is 3.31. The van der Waals surface area contributed by atoms with E-state index in [1.54, 1.807) is 0 Å². The van der Waals surface area contributed by atoms with Gasteiger partial charge in [0.2, 0.25) is 0 Å². The van der Waals surface area contributed by atoms with Gasteiger partial charge < -0.3 is 10.1 Å². The Kier molecular flexibility index (Phi) is 5.84. The van der Waals surface area contributed by atoms with Crippen LogP contribution in [-0.2, 0) is 4.74 Å². The zero-order valence-electron chi connectivity index (χ0n) is 12.0. The summed E-state index contributed by atoms with van der Waals surface area (Å²) in [7, 11) is 0. The van der Waals surface area contributed by atoms with Gasteiger partial charge in [0.1, 0.15) is 0 Å². The third-order valence-corrected chi connectivity index (χ3v) is 5.43. The summed E-state index contributed by atoms with van der Waals surface area (Å²) in [4.78, 5) is 0. The molecule has 0 radical (unpaired) electrons. The maximum Gasteiger partial charge on any atom is 0.0672 e. The Morgan fingerprint density at radius 2 is 2.17 bits per heavy atom. The fourth-order valence-electron chi connectivity index (χ4n) is 3.33. The number of nitrogens with one attached hydrogen (secondary N) is 1. The Bertz CT molecular complexity index is 245. The Morgan fingerprint density at radius 3 is 2.83 bits per heavy atom. The highest BCUT2D eigenvalue weighted by atomic mass is 32.2. The normalized spacial score (nSPS) is 32.0. The number of hydrogen-bond acceptors (Lipinski definition) is 3. The van der Waals surface area contributed by atoms with Crippen molar-refractivity contribution in [1.29, 1.82) is 0 Å². The van der Waals surface area contributed by atoms with Crippen LogP contribution < -0.4 is 5.32 Å². The summed E-state index contributed by atoms with van der Waals surface area (Å²) in [5, 5.41) is 3.60. The lowest BCUT2D eigenvalue weighted by Crippen LogP contribution is -2.42. The first kappa shape index (κ1) is 14.7. The van der Waals surface area contributed by atoms with Gasteiger partial charge in [0.15, 0.2) is 0 Å². The molecule has 0 spiro atoms. The van der Waals surface area contributed by atoms with Crippen LogP contribution in [0, 0.1) is 11.3 Å². The van der Waals surface area contributed by atoms with Crippen molar-refractivity contribution in [2.24, 2.45) is 11.3 Å². The summed E-state index contributed by atoms with van der Waals surface area (Å²) in [6.07, 6.45) is 7.36. The van der Waals surface area contributed by atoms with E-state index in [2.05, 4.69) is 30.9 Å². The standard InChI is InChI=1S/C15H29NOS/c1-3-16-12-15(8-5-11-18-4-2)9-10-17-14(15)13-6-7-13/h13-14,16H,3-12H2,1-2H3. The minimum Gasteiger partial charge on any atom is -0.377 e. The van der Waals surface area contributed by atoms with Gasteiger partial charge in [0.05, 0.1) is 6.10 Å². The average Bonchev–Trinajstić information content (AvgIpc) is 3.14. The summed E-state index contributed by atoms with van der Waals surface area (Å²) >= 11 is 2.08. The van der Waals surface area contributed by atoms with Gasteiger partial charge in [-0.3, -0.25) is 0 Å². The molecule has 0 bridgehead atoms. The van der Waals surface area contributed by atoms with E-state index in [9.17, 15) is 0 Å². The van der Waals surface area contributed by atoms with Crippen LogP contribution in [0.15, 0.2) is 0 Å². The molecular formula is C15H29NOS. The molecule has 2 aliphatic rings. The Hall–Kier alpha value is 0.270. The van der Waals surface area contributed by atoms with E-state index in [0.717, 1.165) is 19.1 Å². The summed E-state index contributed by atoms with van der Waals surface area (Å²) in [5.41, 5.74) is 0.450. The van der Waals surface area contributed by atoms with Gasteiger partial charge in [0, 0.05) is 18.6 Å². The molecule has 1 saturated heterocycles. The average molecular weight is 271 g/mol. The first-order chi connectivity index (χ1) is 8.82. The van der Waals surface area contributed by atoms with Gasteiger partial charge in [-0.1, -0.05) is 13.8 Å². The third kappa shape index (κ3) is 3.64. The summed E-state index contributed by atoms with van der Waals surface area (Å²) in [6.45, 7) is 7.71. The quantitative estimate of drug-likeness (QED) is 0.650. The van der Waals surface area contributed by atoms with Gasteiger partial charge in [-0.15, -0.1) is 0 Å². The van der Waals surface area contributed by atoms with Crippen molar-refractivity contribution >= 4 is 11.8 Å². The number of rotatable bonds is 9. The minimum absolute atomic E-state index is 0.450. The molecule has 1 saturated carbocycles. The summed E-state index contributed by atoms with van der Waals surface area (Å²) in [5.74, 6) is 3.45. The van der Waals surface area contributed by atoms with Crippen molar-refractivity contribution in [1.82, 2.24) is 5.32 Å². The Morgan fingerprint density at radius 1 is 1.33 bits per heavy atom. The molecule has 2 unspecified atom stereocenters. The van der Waals surface area contributed by atoms with Gasteiger partial charge in [-0.05, 0) is 56.1 Å². The van der Waals surface area contributed by atoms with Crippen LogP contribution in [-0.4, -0.2) is 37.3 Å². The molecule has 1 heterocycles. The van der Waals surface area contributed by atoms with E-state index >= 15 is 0 Å². The van der Waals surface area contributed by atoms with Crippen LogP contribution >= 0.6 is 11.8 Å². The second-order valence-corrected chi connectivity index (χ2v) is 7.22. The summed E-state index contributed by atoms with van der Waals surface area (Å²) in [6, 6.07) is 0. The third-order valence-electron chi connectivity index (χ3n) is 4.45. The fourth-order valence-corrected chi connectivity index (χ4v) is 3.97. The van der Waals surface area contributed by atoms with Crippen molar-refractivity contribution < 1.29 is 4.74 Å². The molecule has 1 aliphatic heterocycles. The molecule has 2 fully saturated rings. The SMILES string of the molecule is CCNCC1(CCCSCC)CCOC1C1CC1. The second kappa shape index (κ2) is 7.16. The summed E-state index contributed by atoms with van der Waals surface area (Å²) < 4.78 is 6.10. The highest BCUT2D eigenvalue weighted by Crippen LogP contribution is 2.49. The maximum absolute atomic E-state index is 6.10. The van der Waals surface area contributed by atoms with E-state index in [1.807, 2.05) is 0 Å². The van der Waals surface area contributed by atoms with Crippen molar-refractivity contribution in [3.05, 3.63) is 0 Å². The first-order valence-electron chi connectivity index (χ1n) is 7.72. The molecule has 0 aromatic heterocycles. The zero-order valence-corrected chi connectivity index (χ0v) is 12.9. The lowest BCUT2D eigenvalue weighted by molar-refractivity contribution is 0.0265. The van der Waals surface area contributed by atoms with Gasteiger partial charge in [0.25, 0.3) is 0 Å². The molecule has 1 aliphatic carbocycles. The molecule has 18 heavy (non-hydrogen) atoms. The van der Waals surface area contributed by atoms with Crippen molar-refractivity contribution in [2.75, 3.05) is 31.2 Å². The second-order valence-electron chi connectivity index (χ2n) is 5.82. The molecule has 2 rings (SSSR count). The van der Waals surface area contributed by atoms with E-state index in [0.29, 0.717) is 11.5 Å². The Balaban J connectivity index is 1.88.